The van der Waals surface area contributed by atoms with Crippen molar-refractivity contribution in [2.75, 3.05) is 10.6 Å². The summed E-state index contributed by atoms with van der Waals surface area (Å²) in [7, 11) is 0. The molecule has 0 fully saturated rings. The van der Waals surface area contributed by atoms with Crippen LogP contribution in [0.5, 0.6) is 0 Å². The van der Waals surface area contributed by atoms with E-state index in [4.69, 9.17) is 11.6 Å². The van der Waals surface area contributed by atoms with Crippen LogP contribution in [0.1, 0.15) is 15.9 Å². The second kappa shape index (κ2) is 9.85. The quantitative estimate of drug-likeness (QED) is 0.246. The van der Waals surface area contributed by atoms with Gasteiger partial charge in [-0.25, -0.2) is 14.4 Å². The highest BCUT2D eigenvalue weighted by Crippen LogP contribution is 2.23. The maximum absolute atomic E-state index is 13.2. The Hall–Kier alpha value is -4.03. The van der Waals surface area contributed by atoms with Crippen LogP contribution in [0, 0.1) is 5.82 Å². The van der Waals surface area contributed by atoms with Gasteiger partial charge in [-0.1, -0.05) is 11.6 Å². The highest BCUT2D eigenvalue weighted by Gasteiger charge is 2.11. The number of pyridine rings is 2. The number of aromatic nitrogens is 2. The number of hydrogen-bond donors (Lipinski definition) is 2. The Kier molecular flexibility index (Phi) is 6.53. The summed E-state index contributed by atoms with van der Waals surface area (Å²) in [5.41, 5.74) is 2.59. The molecule has 4 aromatic rings. The lowest BCUT2D eigenvalue weighted by molar-refractivity contribution is 0.104. The molecule has 4 rings (SSSR count). The van der Waals surface area contributed by atoms with Crippen LogP contribution in [0.4, 0.5) is 27.4 Å². The zero-order chi connectivity index (χ0) is 22.3. The Balaban J connectivity index is 1.54. The van der Waals surface area contributed by atoms with E-state index in [2.05, 4.69) is 20.6 Å². The molecule has 2 heterocycles. The molecule has 0 saturated carbocycles. The van der Waals surface area contributed by atoms with E-state index in [0.29, 0.717) is 33.5 Å². The first-order valence-electron chi connectivity index (χ1n) is 9.76. The molecular formula is C25H18ClFN4O. The van der Waals surface area contributed by atoms with Crippen molar-refractivity contribution in [3.05, 3.63) is 113 Å². The van der Waals surface area contributed by atoms with E-state index in [9.17, 15) is 9.18 Å². The summed E-state index contributed by atoms with van der Waals surface area (Å²) in [4.78, 5) is 21.5. The molecule has 0 spiro atoms. The normalized spacial score (nSPS) is 10.8. The van der Waals surface area contributed by atoms with Gasteiger partial charge in [0.2, 0.25) is 0 Å². The van der Waals surface area contributed by atoms with Crippen LogP contribution in [0.25, 0.3) is 6.08 Å². The summed E-state index contributed by atoms with van der Waals surface area (Å²) in [6.07, 6.45) is 6.40. The zero-order valence-electron chi connectivity index (χ0n) is 16.8. The number of carbonyl (C=O) groups excluding carboxylic acids is 1. The van der Waals surface area contributed by atoms with E-state index < -0.39 is 0 Å². The van der Waals surface area contributed by atoms with Crippen LogP contribution in [0.3, 0.4) is 0 Å². The molecule has 0 aliphatic heterocycles. The van der Waals surface area contributed by atoms with Crippen molar-refractivity contribution in [2.45, 2.75) is 0 Å². The van der Waals surface area contributed by atoms with Gasteiger partial charge in [0, 0.05) is 34.4 Å². The number of carbonyl (C=O) groups is 1. The van der Waals surface area contributed by atoms with Crippen LogP contribution in [-0.4, -0.2) is 15.8 Å². The van der Waals surface area contributed by atoms with E-state index in [0.717, 1.165) is 5.69 Å². The average Bonchev–Trinajstić information content (AvgIpc) is 2.81. The number of nitrogens with zero attached hydrogens (tertiary/aromatic N) is 2. The van der Waals surface area contributed by atoms with E-state index in [1.165, 1.54) is 18.2 Å². The predicted octanol–water partition coefficient (Wildman–Crippen LogP) is 6.65. The molecule has 5 nitrogen and oxygen atoms in total. The average molecular weight is 445 g/mol. The molecule has 0 radical (unpaired) electrons. The van der Waals surface area contributed by atoms with Gasteiger partial charge in [-0.3, -0.25) is 4.79 Å². The Bertz CT molecular complexity index is 1260. The van der Waals surface area contributed by atoms with Gasteiger partial charge in [0.15, 0.2) is 5.78 Å². The lowest BCUT2D eigenvalue weighted by Gasteiger charge is -2.10. The van der Waals surface area contributed by atoms with Crippen molar-refractivity contribution in [3.63, 3.8) is 0 Å². The highest BCUT2D eigenvalue weighted by molar-refractivity contribution is 6.30. The molecule has 158 valence electrons. The summed E-state index contributed by atoms with van der Waals surface area (Å²) in [6.45, 7) is 0. The Morgan fingerprint density at radius 2 is 1.41 bits per heavy atom. The number of rotatable bonds is 7. The lowest BCUT2D eigenvalue weighted by Crippen LogP contribution is -2.03. The van der Waals surface area contributed by atoms with Crippen molar-refractivity contribution in [1.29, 1.82) is 0 Å². The molecule has 2 aromatic carbocycles. The van der Waals surface area contributed by atoms with Crippen LogP contribution in [0.15, 0.2) is 91.3 Å². The maximum atomic E-state index is 13.2. The maximum Gasteiger partial charge on any atom is 0.189 e. The molecule has 2 aromatic heterocycles. The molecule has 0 aliphatic rings. The van der Waals surface area contributed by atoms with E-state index in [1.807, 2.05) is 18.2 Å². The third kappa shape index (κ3) is 5.36. The van der Waals surface area contributed by atoms with Crippen LogP contribution in [0.2, 0.25) is 5.02 Å². The number of halogens is 2. The number of hydrogen-bond acceptors (Lipinski definition) is 5. The van der Waals surface area contributed by atoms with Crippen molar-refractivity contribution >= 4 is 46.5 Å². The van der Waals surface area contributed by atoms with Gasteiger partial charge >= 0.3 is 0 Å². The van der Waals surface area contributed by atoms with Crippen LogP contribution in [-0.2, 0) is 0 Å². The second-order valence-corrected chi connectivity index (χ2v) is 7.24. The standard InChI is InChI=1S/C25H18ClFN4O/c26-18-6-10-20(11-7-18)31-25-22(4-2-16-29-25)23(32)14-5-17-3-1-15-28-24(17)30-21-12-8-19(27)9-13-21/h1-16H,(H,28,30)(H,29,31)/b14-5+. The Morgan fingerprint density at radius 3 is 2.12 bits per heavy atom. The number of benzene rings is 2. The highest BCUT2D eigenvalue weighted by atomic mass is 35.5. The third-order valence-electron chi connectivity index (χ3n) is 4.54. The van der Waals surface area contributed by atoms with Gasteiger partial charge < -0.3 is 10.6 Å². The number of ketones is 1. The van der Waals surface area contributed by atoms with E-state index in [-0.39, 0.29) is 11.6 Å². The zero-order valence-corrected chi connectivity index (χ0v) is 17.6. The first-order valence-corrected chi connectivity index (χ1v) is 10.1. The molecule has 0 amide bonds. The SMILES string of the molecule is O=C(/C=C/c1cccnc1Nc1ccc(F)cc1)c1cccnc1Nc1ccc(Cl)cc1. The fraction of sp³-hybridized carbons (Fsp3) is 0. The third-order valence-corrected chi connectivity index (χ3v) is 4.79. The number of anilines is 4. The van der Waals surface area contributed by atoms with E-state index >= 15 is 0 Å². The topological polar surface area (TPSA) is 66.9 Å². The largest absolute Gasteiger partial charge is 0.340 e. The molecule has 32 heavy (non-hydrogen) atoms. The minimum Gasteiger partial charge on any atom is -0.340 e. The molecule has 0 saturated heterocycles. The first kappa shape index (κ1) is 21.2. The Morgan fingerprint density at radius 1 is 0.812 bits per heavy atom. The molecule has 2 N–H and O–H groups in total. The minimum absolute atomic E-state index is 0.217. The van der Waals surface area contributed by atoms with Crippen molar-refractivity contribution in [3.8, 4) is 0 Å². The smallest absolute Gasteiger partial charge is 0.189 e. The molecule has 0 atom stereocenters. The van der Waals surface area contributed by atoms with E-state index in [1.54, 1.807) is 60.9 Å². The van der Waals surface area contributed by atoms with Gasteiger partial charge in [0.05, 0.1) is 5.56 Å². The molecule has 0 aliphatic carbocycles. The summed E-state index contributed by atoms with van der Waals surface area (Å²) >= 11 is 5.93. The molecular weight excluding hydrogens is 427 g/mol. The molecule has 0 bridgehead atoms. The summed E-state index contributed by atoms with van der Waals surface area (Å²) in [5.74, 6) is 0.460. The predicted molar refractivity (Wildman–Crippen MR) is 126 cm³/mol. The van der Waals surface area contributed by atoms with Gasteiger partial charge in [-0.2, -0.15) is 0 Å². The monoisotopic (exact) mass is 444 g/mol. The van der Waals surface area contributed by atoms with Crippen molar-refractivity contribution < 1.29 is 9.18 Å². The number of nitrogens with one attached hydrogen (secondary N) is 2. The molecule has 7 heteroatoms. The van der Waals surface area contributed by atoms with Crippen LogP contribution < -0.4 is 10.6 Å². The van der Waals surface area contributed by atoms with Crippen molar-refractivity contribution in [1.82, 2.24) is 9.97 Å². The summed E-state index contributed by atoms with van der Waals surface area (Å²) in [6, 6.07) is 20.1. The number of allylic oxidation sites excluding steroid dienone is 1. The van der Waals surface area contributed by atoms with Gasteiger partial charge in [-0.05, 0) is 84.9 Å². The fourth-order valence-corrected chi connectivity index (χ4v) is 3.08. The first-order chi connectivity index (χ1) is 15.6. The fourth-order valence-electron chi connectivity index (χ4n) is 2.96. The second-order valence-electron chi connectivity index (χ2n) is 6.80. The summed E-state index contributed by atoms with van der Waals surface area (Å²) < 4.78 is 13.2. The molecule has 0 unspecified atom stereocenters. The summed E-state index contributed by atoms with van der Waals surface area (Å²) in [5, 5.41) is 6.91. The minimum atomic E-state index is -0.318. The van der Waals surface area contributed by atoms with Crippen molar-refractivity contribution in [2.24, 2.45) is 0 Å². The lowest BCUT2D eigenvalue weighted by atomic mass is 10.1. The van der Waals surface area contributed by atoms with Crippen LogP contribution >= 0.6 is 11.6 Å². The van der Waals surface area contributed by atoms with Gasteiger partial charge in [-0.15, -0.1) is 0 Å². The van der Waals surface area contributed by atoms with Gasteiger partial charge in [0.25, 0.3) is 0 Å². The Labute approximate surface area is 189 Å². The van der Waals surface area contributed by atoms with Gasteiger partial charge in [0.1, 0.15) is 17.5 Å².